The highest BCUT2D eigenvalue weighted by molar-refractivity contribution is 7.87. The van der Waals surface area contributed by atoms with Gasteiger partial charge in [-0.1, -0.05) is 12.1 Å². The molecule has 0 spiro atoms. The van der Waals surface area contributed by atoms with E-state index in [0.29, 0.717) is 12.1 Å². The molecular weight excluding hydrogens is 281 g/mol. The molecule has 0 aromatic heterocycles. The van der Waals surface area contributed by atoms with Gasteiger partial charge in [-0.05, 0) is 44.6 Å². The highest BCUT2D eigenvalue weighted by atomic mass is 32.2. The highest BCUT2D eigenvalue weighted by Crippen LogP contribution is 2.15. The molecule has 2 N–H and O–H groups in total. The summed E-state index contributed by atoms with van der Waals surface area (Å²) in [5, 5.41) is 2.96. The number of rotatable bonds is 8. The van der Waals surface area contributed by atoms with E-state index in [9.17, 15) is 12.8 Å². The van der Waals surface area contributed by atoms with Gasteiger partial charge in [0.05, 0.1) is 0 Å². The van der Waals surface area contributed by atoms with E-state index in [-0.39, 0.29) is 5.82 Å². The van der Waals surface area contributed by atoms with Gasteiger partial charge >= 0.3 is 0 Å². The fourth-order valence-electron chi connectivity index (χ4n) is 1.76. The summed E-state index contributed by atoms with van der Waals surface area (Å²) < 4.78 is 41.1. The summed E-state index contributed by atoms with van der Waals surface area (Å²) in [5.74, 6) is -0.379. The van der Waals surface area contributed by atoms with E-state index in [0.717, 1.165) is 13.0 Å². The third-order valence-corrected chi connectivity index (χ3v) is 4.64. The van der Waals surface area contributed by atoms with Crippen molar-refractivity contribution in [2.75, 3.05) is 27.2 Å². The van der Waals surface area contributed by atoms with Gasteiger partial charge in [0.15, 0.2) is 0 Å². The molecule has 1 aromatic rings. The van der Waals surface area contributed by atoms with Gasteiger partial charge in [-0.2, -0.15) is 17.4 Å². The minimum absolute atomic E-state index is 0.379. The van der Waals surface area contributed by atoms with E-state index < -0.39 is 16.3 Å². The van der Waals surface area contributed by atoms with Crippen molar-refractivity contribution in [3.63, 3.8) is 0 Å². The third-order valence-electron chi connectivity index (χ3n) is 2.98. The Morgan fingerprint density at radius 3 is 2.70 bits per heavy atom. The van der Waals surface area contributed by atoms with E-state index in [4.69, 9.17) is 0 Å². The summed E-state index contributed by atoms with van der Waals surface area (Å²) in [6.45, 7) is 2.86. The lowest BCUT2D eigenvalue weighted by atomic mass is 10.1. The molecule has 1 atom stereocenters. The molecule has 1 aromatic carbocycles. The van der Waals surface area contributed by atoms with Crippen molar-refractivity contribution < 1.29 is 12.8 Å². The largest absolute Gasteiger partial charge is 0.320 e. The van der Waals surface area contributed by atoms with Crippen LogP contribution in [0.3, 0.4) is 0 Å². The maximum atomic E-state index is 13.1. The number of nitrogens with one attached hydrogen (secondary N) is 2. The summed E-state index contributed by atoms with van der Waals surface area (Å²) in [6, 6.07) is 5.43. The fourth-order valence-corrected chi connectivity index (χ4v) is 2.89. The normalized spacial score (nSPS) is 13.7. The van der Waals surface area contributed by atoms with E-state index in [1.807, 2.05) is 7.05 Å². The maximum absolute atomic E-state index is 13.1. The zero-order valence-corrected chi connectivity index (χ0v) is 12.9. The average Bonchev–Trinajstić information content (AvgIpc) is 2.38. The van der Waals surface area contributed by atoms with E-state index in [1.54, 1.807) is 19.1 Å². The number of nitrogens with zero attached hydrogens (tertiary/aromatic N) is 1. The first-order valence-electron chi connectivity index (χ1n) is 6.50. The molecule has 0 amide bonds. The molecule has 1 unspecified atom stereocenters. The first-order valence-corrected chi connectivity index (χ1v) is 7.94. The summed E-state index contributed by atoms with van der Waals surface area (Å²) in [5.41, 5.74) is 0.595. The second-order valence-corrected chi connectivity index (χ2v) is 6.49. The van der Waals surface area contributed by atoms with Crippen molar-refractivity contribution in [1.29, 1.82) is 0 Å². The predicted molar refractivity (Wildman–Crippen MR) is 78.0 cm³/mol. The van der Waals surface area contributed by atoms with E-state index in [1.165, 1.54) is 23.5 Å². The van der Waals surface area contributed by atoms with Gasteiger partial charge in [0, 0.05) is 19.6 Å². The van der Waals surface area contributed by atoms with Gasteiger partial charge in [0.2, 0.25) is 0 Å². The zero-order valence-electron chi connectivity index (χ0n) is 12.1. The fraction of sp³-hybridized carbons (Fsp3) is 0.538. The third kappa shape index (κ3) is 5.16. The number of halogens is 1. The molecule has 5 nitrogen and oxygen atoms in total. The molecule has 0 saturated heterocycles. The second-order valence-electron chi connectivity index (χ2n) is 4.68. The van der Waals surface area contributed by atoms with Gasteiger partial charge in [-0.3, -0.25) is 0 Å². The lowest BCUT2D eigenvalue weighted by Crippen LogP contribution is -2.40. The van der Waals surface area contributed by atoms with Crippen molar-refractivity contribution in [3.05, 3.63) is 35.6 Å². The lowest BCUT2D eigenvalue weighted by molar-refractivity contribution is 0.441. The molecule has 0 aliphatic carbocycles. The molecule has 20 heavy (non-hydrogen) atoms. The van der Waals surface area contributed by atoms with Gasteiger partial charge < -0.3 is 5.32 Å². The van der Waals surface area contributed by atoms with E-state index in [2.05, 4.69) is 10.0 Å². The van der Waals surface area contributed by atoms with Gasteiger partial charge in [0.1, 0.15) is 5.82 Å². The number of hydrogen-bond acceptors (Lipinski definition) is 3. The minimum Gasteiger partial charge on any atom is -0.320 e. The molecular formula is C13H22FN3O2S. The Balaban J connectivity index is 2.65. The van der Waals surface area contributed by atoms with Crippen LogP contribution in [0.25, 0.3) is 0 Å². The monoisotopic (exact) mass is 303 g/mol. The molecule has 0 radical (unpaired) electrons. The van der Waals surface area contributed by atoms with Crippen LogP contribution in [-0.2, 0) is 10.2 Å². The van der Waals surface area contributed by atoms with Gasteiger partial charge in [-0.15, -0.1) is 0 Å². The lowest BCUT2D eigenvalue weighted by Gasteiger charge is -2.21. The molecule has 0 bridgehead atoms. The minimum atomic E-state index is -3.57. The second kappa shape index (κ2) is 7.68. The van der Waals surface area contributed by atoms with Crippen molar-refractivity contribution in [3.8, 4) is 0 Å². The smallest absolute Gasteiger partial charge is 0.279 e. The molecule has 114 valence electrons. The summed E-state index contributed by atoms with van der Waals surface area (Å²) in [6.07, 6.45) is 0.724. The first-order chi connectivity index (χ1) is 9.36. The molecule has 0 saturated carbocycles. The zero-order chi connectivity index (χ0) is 15.2. The number of benzene rings is 1. The van der Waals surface area contributed by atoms with Crippen LogP contribution in [0.2, 0.25) is 0 Å². The Labute approximate surface area is 120 Å². The SMILES string of the molecule is CNCCCN(C)S(=O)(=O)NC(C)c1cccc(F)c1. The van der Waals surface area contributed by atoms with Crippen LogP contribution in [0.5, 0.6) is 0 Å². The Hall–Kier alpha value is -1.02. The summed E-state index contributed by atoms with van der Waals surface area (Å²) >= 11 is 0. The van der Waals surface area contributed by atoms with Crippen LogP contribution in [0, 0.1) is 5.82 Å². The average molecular weight is 303 g/mol. The van der Waals surface area contributed by atoms with Crippen LogP contribution in [0.15, 0.2) is 24.3 Å². The molecule has 7 heteroatoms. The van der Waals surface area contributed by atoms with Crippen molar-refractivity contribution in [1.82, 2.24) is 14.3 Å². The molecule has 0 aliphatic heterocycles. The van der Waals surface area contributed by atoms with Crippen molar-refractivity contribution in [2.24, 2.45) is 0 Å². The van der Waals surface area contributed by atoms with Crippen LogP contribution in [0.1, 0.15) is 24.9 Å². The first kappa shape index (κ1) is 17.0. The van der Waals surface area contributed by atoms with E-state index >= 15 is 0 Å². The van der Waals surface area contributed by atoms with Gasteiger partial charge in [0.25, 0.3) is 10.2 Å². The van der Waals surface area contributed by atoms with Crippen LogP contribution in [-0.4, -0.2) is 39.9 Å². The Morgan fingerprint density at radius 1 is 1.40 bits per heavy atom. The van der Waals surface area contributed by atoms with Crippen LogP contribution in [0.4, 0.5) is 4.39 Å². The molecule has 0 heterocycles. The van der Waals surface area contributed by atoms with Crippen LogP contribution >= 0.6 is 0 Å². The standard InChI is InChI=1S/C13H22FN3O2S/c1-11(12-6-4-7-13(14)10-12)16-20(18,19)17(3)9-5-8-15-2/h4,6-7,10-11,15-16H,5,8-9H2,1-3H3. The molecule has 1 rings (SSSR count). The summed E-state index contributed by atoms with van der Waals surface area (Å²) in [4.78, 5) is 0. The quantitative estimate of drug-likeness (QED) is 0.711. The molecule has 0 aliphatic rings. The Morgan fingerprint density at radius 2 is 2.10 bits per heavy atom. The Kier molecular flexibility index (Phi) is 6.54. The van der Waals surface area contributed by atoms with Gasteiger partial charge in [-0.25, -0.2) is 4.39 Å². The van der Waals surface area contributed by atoms with Crippen molar-refractivity contribution >= 4 is 10.2 Å². The summed E-state index contributed by atoms with van der Waals surface area (Å²) in [7, 11) is -0.226. The number of hydrogen-bond donors (Lipinski definition) is 2. The van der Waals surface area contributed by atoms with Crippen LogP contribution < -0.4 is 10.0 Å². The van der Waals surface area contributed by atoms with Crippen molar-refractivity contribution in [2.45, 2.75) is 19.4 Å². The maximum Gasteiger partial charge on any atom is 0.279 e. The highest BCUT2D eigenvalue weighted by Gasteiger charge is 2.20. The molecule has 0 fully saturated rings. The predicted octanol–water partition coefficient (Wildman–Crippen LogP) is 1.26. The Bertz CT molecular complexity index is 522. The topological polar surface area (TPSA) is 61.4 Å².